The molecule has 11 heavy (non-hydrogen) atoms. The average Bonchev–Trinajstić information content (AvgIpc) is 2.06. The Morgan fingerprint density at radius 3 is 3.09 bits per heavy atom. The lowest BCUT2D eigenvalue weighted by Gasteiger charge is -2.02. The molecule has 1 aromatic heterocycles. The van der Waals surface area contributed by atoms with E-state index in [2.05, 4.69) is 9.97 Å². The van der Waals surface area contributed by atoms with Gasteiger partial charge in [0.1, 0.15) is 6.33 Å². The molecule has 0 amide bonds. The molecular formula is C7H10N2O2. The largest absolute Gasteiger partial charge is 0.390 e. The van der Waals surface area contributed by atoms with Gasteiger partial charge in [0.05, 0.1) is 18.9 Å². The van der Waals surface area contributed by atoms with E-state index in [0.29, 0.717) is 12.3 Å². The first kappa shape index (κ1) is 8.10. The maximum absolute atomic E-state index is 8.80. The third kappa shape index (κ3) is 1.96. The second kappa shape index (κ2) is 4.00. The molecule has 0 aliphatic heterocycles. The van der Waals surface area contributed by atoms with Gasteiger partial charge in [0, 0.05) is 18.9 Å². The minimum Gasteiger partial charge on any atom is -0.390 e. The van der Waals surface area contributed by atoms with Crippen LogP contribution >= 0.6 is 0 Å². The van der Waals surface area contributed by atoms with E-state index in [0.717, 1.165) is 5.56 Å². The van der Waals surface area contributed by atoms with Gasteiger partial charge in [0.15, 0.2) is 0 Å². The van der Waals surface area contributed by atoms with Crippen LogP contribution in [0.25, 0.3) is 0 Å². The van der Waals surface area contributed by atoms with Gasteiger partial charge in [0.25, 0.3) is 0 Å². The molecule has 4 heteroatoms. The van der Waals surface area contributed by atoms with E-state index in [9.17, 15) is 0 Å². The molecule has 4 nitrogen and oxygen atoms in total. The summed E-state index contributed by atoms with van der Waals surface area (Å²) in [6, 6.07) is 0. The van der Waals surface area contributed by atoms with Gasteiger partial charge in [-0.3, -0.25) is 0 Å². The Balaban J connectivity index is 2.83. The zero-order valence-corrected chi connectivity index (χ0v) is 6.32. The van der Waals surface area contributed by atoms with Crippen molar-refractivity contribution in [1.82, 2.24) is 9.97 Å². The van der Waals surface area contributed by atoms with E-state index in [4.69, 9.17) is 9.84 Å². The molecule has 0 aliphatic rings. The van der Waals surface area contributed by atoms with E-state index in [-0.39, 0.29) is 6.61 Å². The van der Waals surface area contributed by atoms with Gasteiger partial charge in [-0.15, -0.1) is 0 Å². The lowest BCUT2D eigenvalue weighted by atomic mass is 10.2. The number of hydrogen-bond donors (Lipinski definition) is 1. The van der Waals surface area contributed by atoms with E-state index in [1.807, 2.05) is 0 Å². The number of nitrogens with zero attached hydrogens (tertiary/aromatic N) is 2. The third-order valence-corrected chi connectivity index (χ3v) is 1.33. The topological polar surface area (TPSA) is 55.2 Å². The summed E-state index contributed by atoms with van der Waals surface area (Å²) in [5, 5.41) is 8.80. The van der Waals surface area contributed by atoms with Crippen LogP contribution in [0.3, 0.4) is 0 Å². The molecule has 1 aromatic rings. The summed E-state index contributed by atoms with van der Waals surface area (Å²) in [4.78, 5) is 7.68. The molecule has 0 saturated carbocycles. The molecule has 0 bridgehead atoms. The molecule has 1 heterocycles. The maximum atomic E-state index is 8.80. The minimum atomic E-state index is -0.0682. The monoisotopic (exact) mass is 154 g/mol. The molecule has 60 valence electrons. The number of rotatable bonds is 3. The summed E-state index contributed by atoms with van der Waals surface area (Å²) in [5.74, 6) is 0. The summed E-state index contributed by atoms with van der Waals surface area (Å²) in [6.07, 6.45) is 3.05. The second-order valence-electron chi connectivity index (χ2n) is 2.09. The molecule has 1 N–H and O–H groups in total. The van der Waals surface area contributed by atoms with Crippen molar-refractivity contribution < 1.29 is 9.84 Å². The summed E-state index contributed by atoms with van der Waals surface area (Å²) < 4.78 is 4.88. The Morgan fingerprint density at radius 2 is 2.45 bits per heavy atom. The maximum Gasteiger partial charge on any atom is 0.115 e. The molecule has 0 saturated heterocycles. The predicted molar refractivity (Wildman–Crippen MR) is 38.7 cm³/mol. The van der Waals surface area contributed by atoms with Crippen LogP contribution < -0.4 is 0 Å². The van der Waals surface area contributed by atoms with Crippen LogP contribution in [0.5, 0.6) is 0 Å². The van der Waals surface area contributed by atoms with Crippen LogP contribution in [-0.4, -0.2) is 22.2 Å². The normalized spacial score (nSPS) is 10.0. The molecule has 0 radical (unpaired) electrons. The number of aliphatic hydroxyl groups excluding tert-OH is 1. The zero-order valence-electron chi connectivity index (χ0n) is 6.32. The quantitative estimate of drug-likeness (QED) is 0.671. The summed E-state index contributed by atoms with van der Waals surface area (Å²) in [7, 11) is 1.59. The van der Waals surface area contributed by atoms with Gasteiger partial charge >= 0.3 is 0 Å². The van der Waals surface area contributed by atoms with Crippen molar-refractivity contribution in [3.05, 3.63) is 23.8 Å². The summed E-state index contributed by atoms with van der Waals surface area (Å²) in [5.41, 5.74) is 1.46. The number of ether oxygens (including phenoxy) is 1. The van der Waals surface area contributed by atoms with E-state index >= 15 is 0 Å². The highest BCUT2D eigenvalue weighted by molar-refractivity contribution is 5.13. The third-order valence-electron chi connectivity index (χ3n) is 1.33. The summed E-state index contributed by atoms with van der Waals surface area (Å²) in [6.45, 7) is 0.373. The molecular weight excluding hydrogens is 144 g/mol. The van der Waals surface area contributed by atoms with E-state index < -0.39 is 0 Å². The van der Waals surface area contributed by atoms with Crippen LogP contribution in [-0.2, 0) is 18.0 Å². The van der Waals surface area contributed by atoms with Crippen LogP contribution in [0.1, 0.15) is 11.3 Å². The van der Waals surface area contributed by atoms with Crippen molar-refractivity contribution in [2.24, 2.45) is 0 Å². The van der Waals surface area contributed by atoms with Crippen molar-refractivity contribution in [2.45, 2.75) is 13.2 Å². The number of aromatic nitrogens is 2. The first-order chi connectivity index (χ1) is 5.38. The van der Waals surface area contributed by atoms with Gasteiger partial charge in [-0.25, -0.2) is 9.97 Å². The molecule has 0 atom stereocenters. The molecule has 0 unspecified atom stereocenters. The van der Waals surface area contributed by atoms with Crippen molar-refractivity contribution >= 4 is 0 Å². The van der Waals surface area contributed by atoms with Crippen molar-refractivity contribution in [2.75, 3.05) is 7.11 Å². The fraction of sp³-hybridized carbons (Fsp3) is 0.429. The SMILES string of the molecule is COCc1cncnc1CO. The Bertz CT molecular complexity index is 227. The smallest absolute Gasteiger partial charge is 0.115 e. The highest BCUT2D eigenvalue weighted by Crippen LogP contribution is 2.03. The van der Waals surface area contributed by atoms with E-state index in [1.54, 1.807) is 13.3 Å². The van der Waals surface area contributed by atoms with Crippen LogP contribution in [0.2, 0.25) is 0 Å². The number of methoxy groups -OCH3 is 1. The Hall–Kier alpha value is -1.00. The highest BCUT2D eigenvalue weighted by Gasteiger charge is 2.00. The van der Waals surface area contributed by atoms with E-state index in [1.165, 1.54) is 6.33 Å². The highest BCUT2D eigenvalue weighted by atomic mass is 16.5. The standard InChI is InChI=1S/C7H10N2O2/c1-11-4-6-2-8-5-9-7(6)3-10/h2,5,10H,3-4H2,1H3. The van der Waals surface area contributed by atoms with Crippen LogP contribution in [0, 0.1) is 0 Å². The Labute approximate surface area is 64.9 Å². The van der Waals surface area contributed by atoms with Crippen LogP contribution in [0.4, 0.5) is 0 Å². The lowest BCUT2D eigenvalue weighted by molar-refractivity contribution is 0.180. The number of hydrogen-bond acceptors (Lipinski definition) is 4. The van der Waals surface area contributed by atoms with Gasteiger partial charge in [0.2, 0.25) is 0 Å². The first-order valence-corrected chi connectivity index (χ1v) is 3.26. The number of aliphatic hydroxyl groups is 1. The van der Waals surface area contributed by atoms with Crippen molar-refractivity contribution in [3.8, 4) is 0 Å². The summed E-state index contributed by atoms with van der Waals surface area (Å²) >= 11 is 0. The van der Waals surface area contributed by atoms with Crippen molar-refractivity contribution in [1.29, 1.82) is 0 Å². The molecule has 0 fully saturated rings. The van der Waals surface area contributed by atoms with Crippen LogP contribution in [0.15, 0.2) is 12.5 Å². The predicted octanol–water partition coefficient (Wildman–Crippen LogP) is 0.115. The van der Waals surface area contributed by atoms with Gasteiger partial charge in [-0.05, 0) is 0 Å². The van der Waals surface area contributed by atoms with Gasteiger partial charge in [-0.1, -0.05) is 0 Å². The fourth-order valence-corrected chi connectivity index (χ4v) is 0.802. The second-order valence-corrected chi connectivity index (χ2v) is 2.09. The van der Waals surface area contributed by atoms with Gasteiger partial charge < -0.3 is 9.84 Å². The Morgan fingerprint density at radius 1 is 1.64 bits per heavy atom. The minimum absolute atomic E-state index is 0.0682. The Kier molecular flexibility index (Phi) is 2.95. The molecule has 0 spiro atoms. The van der Waals surface area contributed by atoms with Crippen molar-refractivity contribution in [3.63, 3.8) is 0 Å². The lowest BCUT2D eigenvalue weighted by Crippen LogP contribution is -1.99. The molecule has 1 rings (SSSR count). The molecule has 0 aliphatic carbocycles. The zero-order chi connectivity index (χ0) is 8.10. The fourth-order valence-electron chi connectivity index (χ4n) is 0.802. The first-order valence-electron chi connectivity index (χ1n) is 3.26. The average molecular weight is 154 g/mol. The molecule has 0 aromatic carbocycles. The van der Waals surface area contributed by atoms with Gasteiger partial charge in [-0.2, -0.15) is 0 Å².